The molecule has 2 aromatic heterocycles. The number of amides is 2. The summed E-state index contributed by atoms with van der Waals surface area (Å²) >= 11 is 0. The van der Waals surface area contributed by atoms with Crippen molar-refractivity contribution in [3.05, 3.63) is 130 Å². The van der Waals surface area contributed by atoms with E-state index in [4.69, 9.17) is 15.5 Å². The number of aromatic hydroxyl groups is 1. The van der Waals surface area contributed by atoms with E-state index in [9.17, 15) is 36.7 Å². The van der Waals surface area contributed by atoms with Crippen LogP contribution in [0.5, 0.6) is 5.75 Å². The third-order valence-corrected chi connectivity index (χ3v) is 11.2. The Kier molecular flexibility index (Phi) is 9.98. The second kappa shape index (κ2) is 14.8. The number of hydrogen-bond acceptors (Lipinski definition) is 8. The molecule has 0 aliphatic carbocycles. The minimum Gasteiger partial charge on any atom is -0.508 e. The van der Waals surface area contributed by atoms with Crippen molar-refractivity contribution in [1.82, 2.24) is 23.7 Å². The number of para-hydroxylation sites is 1. The van der Waals surface area contributed by atoms with Crippen LogP contribution in [0.4, 0.5) is 8.78 Å². The number of carbonyl (C=O) groups excluding carboxylic acids is 2. The van der Waals surface area contributed by atoms with Crippen LogP contribution in [0.15, 0.2) is 101 Å². The van der Waals surface area contributed by atoms with Crippen molar-refractivity contribution in [1.29, 1.82) is 0 Å². The number of nitrogens with two attached hydrogens (primary N) is 1. The molecule has 278 valence electrons. The van der Waals surface area contributed by atoms with Crippen molar-refractivity contribution < 1.29 is 36.6 Å². The van der Waals surface area contributed by atoms with Crippen LogP contribution in [-0.4, -0.2) is 81.9 Å². The second-order valence-corrected chi connectivity index (χ2v) is 14.8. The number of benzene rings is 4. The summed E-state index contributed by atoms with van der Waals surface area (Å²) in [6.45, 7) is 0.175. The number of hydrogen-bond donors (Lipinski definition) is 3. The van der Waals surface area contributed by atoms with Gasteiger partial charge in [-0.1, -0.05) is 12.1 Å². The van der Waals surface area contributed by atoms with Crippen molar-refractivity contribution in [2.75, 3.05) is 32.8 Å². The third kappa shape index (κ3) is 7.31. The molecule has 0 bridgehead atoms. The Labute approximate surface area is 307 Å². The normalized spacial score (nSPS) is 14.3. The summed E-state index contributed by atoms with van der Waals surface area (Å²) in [6, 6.07) is 18.1. The maximum absolute atomic E-state index is 14.6. The van der Waals surface area contributed by atoms with E-state index < -0.39 is 51.6 Å². The van der Waals surface area contributed by atoms with E-state index in [1.54, 1.807) is 36.5 Å². The Hall–Kier alpha value is -5.97. The SMILES string of the molecule is NC(=O)CN(C(=O)Cc1c[nH]c2ccc(O)cc12)C(Cc1cc(F)cc(F)c1)c1nc2ccccc2c(=O)n1-c1ccc(S(=O)(=O)N2CCOCC2)cc1. The van der Waals surface area contributed by atoms with Crippen molar-refractivity contribution >= 4 is 43.6 Å². The summed E-state index contributed by atoms with van der Waals surface area (Å²) in [6.07, 6.45) is 0.950. The molecule has 54 heavy (non-hydrogen) atoms. The number of fused-ring (bicyclic) bond motifs is 2. The lowest BCUT2D eigenvalue weighted by Gasteiger charge is -2.32. The Morgan fingerprint density at radius 3 is 2.37 bits per heavy atom. The van der Waals surface area contributed by atoms with Gasteiger partial charge >= 0.3 is 0 Å². The number of rotatable bonds is 11. The largest absolute Gasteiger partial charge is 0.508 e. The summed E-state index contributed by atoms with van der Waals surface area (Å²) in [5, 5.41) is 10.9. The molecule has 0 radical (unpaired) electrons. The molecule has 1 aliphatic heterocycles. The zero-order chi connectivity index (χ0) is 38.1. The standard InChI is InChI=1S/C38H34F2N6O7S/c39-25-15-23(16-26(40)19-25)17-34(45(22-35(41)48)36(49)18-24-21-42-32-10-7-28(47)20-31(24)32)37-43-33-4-2-1-3-30(33)38(50)46(37)27-5-8-29(9-6-27)54(51,52)44-11-13-53-14-12-44/h1-10,15-16,19-21,34,42,47H,11-14,17-18,22H2,(H2,41,48). The number of morpholine rings is 1. The van der Waals surface area contributed by atoms with Gasteiger partial charge in [0, 0.05) is 42.7 Å². The van der Waals surface area contributed by atoms with Gasteiger partial charge in [0.2, 0.25) is 21.8 Å². The van der Waals surface area contributed by atoms with Gasteiger partial charge in [-0.2, -0.15) is 4.31 Å². The lowest BCUT2D eigenvalue weighted by Crippen LogP contribution is -2.44. The number of phenolic OH excluding ortho intramolecular Hbond substituents is 1. The predicted molar refractivity (Wildman–Crippen MR) is 194 cm³/mol. The summed E-state index contributed by atoms with van der Waals surface area (Å²) in [7, 11) is -3.91. The fourth-order valence-corrected chi connectivity index (χ4v) is 8.14. The number of phenols is 1. The number of H-pyrrole nitrogens is 1. The maximum Gasteiger partial charge on any atom is 0.266 e. The van der Waals surface area contributed by atoms with Crippen LogP contribution in [-0.2, 0) is 37.2 Å². The van der Waals surface area contributed by atoms with Gasteiger partial charge in [-0.15, -0.1) is 0 Å². The Morgan fingerprint density at radius 2 is 1.67 bits per heavy atom. The highest BCUT2D eigenvalue weighted by atomic mass is 32.2. The summed E-state index contributed by atoms with van der Waals surface area (Å²) in [5.74, 6) is -3.47. The average molecular weight is 757 g/mol. The fourth-order valence-electron chi connectivity index (χ4n) is 6.74. The molecule has 0 saturated carbocycles. The molecule has 3 heterocycles. The minimum atomic E-state index is -3.91. The molecule has 13 nitrogen and oxygen atoms in total. The first-order chi connectivity index (χ1) is 25.9. The molecule has 4 aromatic carbocycles. The summed E-state index contributed by atoms with van der Waals surface area (Å²) in [5.41, 5.74) is 6.71. The minimum absolute atomic E-state index is 0.0291. The van der Waals surface area contributed by atoms with E-state index >= 15 is 0 Å². The van der Waals surface area contributed by atoms with E-state index in [1.807, 2.05) is 0 Å². The molecule has 1 unspecified atom stereocenters. The predicted octanol–water partition coefficient (Wildman–Crippen LogP) is 3.71. The lowest BCUT2D eigenvalue weighted by atomic mass is 10.0. The zero-order valence-corrected chi connectivity index (χ0v) is 29.4. The Bertz CT molecular complexity index is 2550. The van der Waals surface area contributed by atoms with E-state index in [0.29, 0.717) is 22.5 Å². The molecule has 7 rings (SSSR count). The number of halogens is 2. The van der Waals surface area contributed by atoms with Gasteiger partial charge in [-0.05, 0) is 77.9 Å². The Morgan fingerprint density at radius 1 is 0.963 bits per heavy atom. The molecule has 1 aliphatic rings. The number of ether oxygens (including phenoxy) is 1. The first-order valence-corrected chi connectivity index (χ1v) is 18.3. The van der Waals surface area contributed by atoms with Crippen molar-refractivity contribution in [2.45, 2.75) is 23.8 Å². The molecule has 4 N–H and O–H groups in total. The number of aromatic nitrogens is 3. The van der Waals surface area contributed by atoms with Gasteiger partial charge in [-0.25, -0.2) is 22.2 Å². The molecule has 6 aromatic rings. The summed E-state index contributed by atoms with van der Waals surface area (Å²) < 4.78 is 63.9. The molecule has 1 saturated heterocycles. The quantitative estimate of drug-likeness (QED) is 0.179. The van der Waals surface area contributed by atoms with Crippen molar-refractivity contribution in [2.24, 2.45) is 5.73 Å². The van der Waals surface area contributed by atoms with E-state index in [1.165, 1.54) is 45.3 Å². The highest BCUT2D eigenvalue weighted by Gasteiger charge is 2.33. The maximum atomic E-state index is 14.6. The number of aromatic amines is 1. The molecular weight excluding hydrogens is 723 g/mol. The highest BCUT2D eigenvalue weighted by molar-refractivity contribution is 7.89. The molecular formula is C38H34F2N6O7S. The van der Waals surface area contributed by atoms with Gasteiger partial charge in [0.05, 0.1) is 47.2 Å². The number of carbonyl (C=O) groups is 2. The monoisotopic (exact) mass is 756 g/mol. The van der Waals surface area contributed by atoms with Crippen LogP contribution >= 0.6 is 0 Å². The lowest BCUT2D eigenvalue weighted by molar-refractivity contribution is -0.137. The van der Waals surface area contributed by atoms with Crippen LogP contribution in [0.25, 0.3) is 27.5 Å². The number of nitrogens with zero attached hydrogens (tertiary/aromatic N) is 4. The van der Waals surface area contributed by atoms with E-state index in [2.05, 4.69) is 4.98 Å². The first-order valence-electron chi connectivity index (χ1n) is 16.9. The van der Waals surface area contributed by atoms with Gasteiger partial charge < -0.3 is 25.5 Å². The molecule has 1 fully saturated rings. The Balaban J connectivity index is 1.40. The molecule has 2 amide bonds. The van der Waals surface area contributed by atoms with Gasteiger partial charge in [0.15, 0.2) is 0 Å². The van der Waals surface area contributed by atoms with Gasteiger partial charge in [-0.3, -0.25) is 19.0 Å². The molecule has 16 heteroatoms. The van der Waals surface area contributed by atoms with Gasteiger partial charge in [0.1, 0.15) is 29.8 Å². The van der Waals surface area contributed by atoms with Crippen molar-refractivity contribution in [3.8, 4) is 11.4 Å². The van der Waals surface area contributed by atoms with E-state index in [-0.39, 0.29) is 77.8 Å². The second-order valence-electron chi connectivity index (χ2n) is 12.8. The smallest absolute Gasteiger partial charge is 0.266 e. The number of sulfonamides is 1. The highest BCUT2D eigenvalue weighted by Crippen LogP contribution is 2.30. The van der Waals surface area contributed by atoms with Gasteiger partial charge in [0.25, 0.3) is 5.56 Å². The third-order valence-electron chi connectivity index (χ3n) is 9.27. The average Bonchev–Trinajstić information content (AvgIpc) is 3.54. The number of primary amides is 1. The van der Waals surface area contributed by atoms with Crippen LogP contribution in [0.1, 0.15) is 23.0 Å². The van der Waals surface area contributed by atoms with Crippen molar-refractivity contribution in [3.63, 3.8) is 0 Å². The topological polar surface area (TPSA) is 181 Å². The van der Waals surface area contributed by atoms with E-state index in [0.717, 1.165) is 17.0 Å². The molecule has 0 spiro atoms. The first kappa shape index (κ1) is 36.4. The van der Waals surface area contributed by atoms with Crippen LogP contribution < -0.4 is 11.3 Å². The zero-order valence-electron chi connectivity index (χ0n) is 28.6. The van der Waals surface area contributed by atoms with Crippen LogP contribution in [0, 0.1) is 11.6 Å². The number of nitrogens with one attached hydrogen (secondary N) is 1. The van der Waals surface area contributed by atoms with Crippen LogP contribution in [0.3, 0.4) is 0 Å². The fraction of sp³-hybridized carbons (Fsp3) is 0.211. The van der Waals surface area contributed by atoms with Crippen LogP contribution in [0.2, 0.25) is 0 Å². The summed E-state index contributed by atoms with van der Waals surface area (Å²) in [4.78, 5) is 50.5. The molecule has 1 atom stereocenters.